The van der Waals surface area contributed by atoms with Crippen LogP contribution in [0.5, 0.6) is 0 Å². The smallest absolute Gasteiger partial charge is 0.283 e. The molecule has 1 saturated heterocycles. The zero-order valence-electron chi connectivity index (χ0n) is 12.2. The second-order valence-electron chi connectivity index (χ2n) is 5.20. The molecule has 1 amide bonds. The number of amides is 1. The minimum atomic E-state index is -0.421. The van der Waals surface area contributed by atoms with Crippen molar-refractivity contribution >= 4 is 23.4 Å². The third-order valence-corrected chi connectivity index (χ3v) is 4.55. The summed E-state index contributed by atoms with van der Waals surface area (Å²) in [6, 6.07) is 4.77. The van der Waals surface area contributed by atoms with Crippen LogP contribution >= 0.6 is 11.8 Å². The summed E-state index contributed by atoms with van der Waals surface area (Å²) in [4.78, 5) is 25.6. The Hall–Kier alpha value is -1.56. The molecule has 0 N–H and O–H groups in total. The Bertz CT molecular complexity index is 526. The van der Waals surface area contributed by atoms with Gasteiger partial charge in [-0.2, -0.15) is 0 Å². The Morgan fingerprint density at radius 1 is 1.19 bits per heavy atom. The van der Waals surface area contributed by atoms with E-state index in [0.29, 0.717) is 10.5 Å². The lowest BCUT2D eigenvalue weighted by Crippen LogP contribution is -2.33. The molecule has 5 nitrogen and oxygen atoms in total. The third kappa shape index (κ3) is 3.97. The van der Waals surface area contributed by atoms with Crippen LogP contribution in [-0.2, 0) is 0 Å². The summed E-state index contributed by atoms with van der Waals surface area (Å²) in [5, 5.41) is 11.1. The highest BCUT2D eigenvalue weighted by atomic mass is 32.2. The maximum absolute atomic E-state index is 12.5. The number of hydrogen-bond acceptors (Lipinski definition) is 4. The van der Waals surface area contributed by atoms with Crippen molar-refractivity contribution in [3.8, 4) is 0 Å². The van der Waals surface area contributed by atoms with Gasteiger partial charge < -0.3 is 4.90 Å². The maximum atomic E-state index is 12.5. The fraction of sp³-hybridized carbons (Fsp3) is 0.533. The van der Waals surface area contributed by atoms with Crippen LogP contribution in [-0.4, -0.2) is 35.1 Å². The number of benzene rings is 1. The monoisotopic (exact) mass is 308 g/mol. The van der Waals surface area contributed by atoms with E-state index in [0.717, 1.165) is 38.8 Å². The fourth-order valence-corrected chi connectivity index (χ4v) is 3.15. The molecule has 0 aliphatic carbocycles. The molecule has 21 heavy (non-hydrogen) atoms. The Morgan fingerprint density at radius 2 is 1.81 bits per heavy atom. The summed E-state index contributed by atoms with van der Waals surface area (Å²) in [5.41, 5.74) is 0.431. The molecular formula is C15H20N2O3S. The van der Waals surface area contributed by atoms with Crippen molar-refractivity contribution in [3.05, 3.63) is 33.9 Å². The molecule has 1 aromatic carbocycles. The highest BCUT2D eigenvalue weighted by Gasteiger charge is 2.21. The number of hydrogen-bond donors (Lipinski definition) is 0. The van der Waals surface area contributed by atoms with Gasteiger partial charge in [-0.05, 0) is 31.2 Å². The quantitative estimate of drug-likeness (QED) is 0.485. The molecule has 1 heterocycles. The minimum Gasteiger partial charge on any atom is -0.339 e. The first-order valence-electron chi connectivity index (χ1n) is 7.25. The first-order valence-corrected chi connectivity index (χ1v) is 8.47. The number of nitro benzene ring substituents is 1. The minimum absolute atomic E-state index is 0.0143. The van der Waals surface area contributed by atoms with E-state index in [1.54, 1.807) is 18.4 Å². The molecule has 6 heteroatoms. The SMILES string of the molecule is CSc1ccc(C(=O)N2CCCCCCC2)cc1[N+](=O)[O-]. The Labute approximate surface area is 128 Å². The molecule has 0 radical (unpaired) electrons. The highest BCUT2D eigenvalue weighted by Crippen LogP contribution is 2.29. The van der Waals surface area contributed by atoms with Gasteiger partial charge in [-0.1, -0.05) is 19.3 Å². The second-order valence-corrected chi connectivity index (χ2v) is 6.05. The molecule has 1 aliphatic heterocycles. The fourth-order valence-electron chi connectivity index (χ4n) is 2.60. The average molecular weight is 308 g/mol. The van der Waals surface area contributed by atoms with Crippen molar-refractivity contribution in [2.45, 2.75) is 37.0 Å². The molecule has 0 aromatic heterocycles. The van der Waals surface area contributed by atoms with Gasteiger partial charge in [-0.15, -0.1) is 11.8 Å². The Kier molecular flexibility index (Phi) is 5.61. The van der Waals surface area contributed by atoms with Gasteiger partial charge in [0.2, 0.25) is 0 Å². The van der Waals surface area contributed by atoms with Gasteiger partial charge in [0.1, 0.15) is 0 Å². The topological polar surface area (TPSA) is 63.5 Å². The van der Waals surface area contributed by atoms with E-state index in [4.69, 9.17) is 0 Å². The van der Waals surface area contributed by atoms with E-state index >= 15 is 0 Å². The molecule has 1 fully saturated rings. The molecule has 2 rings (SSSR count). The van der Waals surface area contributed by atoms with Gasteiger partial charge in [-0.3, -0.25) is 14.9 Å². The number of nitro groups is 1. The molecule has 0 spiro atoms. The van der Waals surface area contributed by atoms with Crippen LogP contribution in [0.25, 0.3) is 0 Å². The van der Waals surface area contributed by atoms with Crippen LogP contribution < -0.4 is 0 Å². The van der Waals surface area contributed by atoms with Gasteiger partial charge >= 0.3 is 0 Å². The van der Waals surface area contributed by atoms with Crippen molar-refractivity contribution < 1.29 is 9.72 Å². The van der Waals surface area contributed by atoms with Crippen molar-refractivity contribution in [3.63, 3.8) is 0 Å². The Morgan fingerprint density at radius 3 is 2.38 bits per heavy atom. The van der Waals surface area contributed by atoms with E-state index in [1.165, 1.54) is 24.2 Å². The number of thioether (sulfide) groups is 1. The summed E-state index contributed by atoms with van der Waals surface area (Å²) in [6.45, 7) is 1.49. The zero-order chi connectivity index (χ0) is 15.2. The first-order chi connectivity index (χ1) is 10.1. The van der Waals surface area contributed by atoms with Gasteiger partial charge in [0.15, 0.2) is 0 Å². The van der Waals surface area contributed by atoms with Gasteiger partial charge in [0.05, 0.1) is 9.82 Å². The van der Waals surface area contributed by atoms with Gasteiger partial charge in [-0.25, -0.2) is 0 Å². The third-order valence-electron chi connectivity index (χ3n) is 3.77. The zero-order valence-corrected chi connectivity index (χ0v) is 13.0. The number of carbonyl (C=O) groups excluding carboxylic acids is 1. The summed E-state index contributed by atoms with van der Waals surface area (Å²) in [6.07, 6.45) is 7.34. The number of carbonyl (C=O) groups is 1. The average Bonchev–Trinajstić information content (AvgIpc) is 2.45. The van der Waals surface area contributed by atoms with E-state index in [9.17, 15) is 14.9 Å². The standard InChI is InChI=1S/C15H20N2O3S/c1-21-14-8-7-12(11-13(14)17(19)20)15(18)16-9-5-3-2-4-6-10-16/h7-8,11H,2-6,9-10H2,1H3. The predicted octanol–water partition coefficient (Wildman–Crippen LogP) is 3.72. The summed E-state index contributed by atoms with van der Waals surface area (Å²) in [5.74, 6) is -0.0901. The van der Waals surface area contributed by atoms with E-state index in [2.05, 4.69) is 0 Å². The van der Waals surface area contributed by atoms with E-state index in [1.807, 2.05) is 4.90 Å². The number of nitrogens with zero attached hydrogens (tertiary/aromatic N) is 2. The number of rotatable bonds is 3. The lowest BCUT2D eigenvalue weighted by atomic mass is 10.1. The van der Waals surface area contributed by atoms with Crippen LogP contribution in [0.1, 0.15) is 42.5 Å². The van der Waals surface area contributed by atoms with Crippen LogP contribution in [0.3, 0.4) is 0 Å². The molecular weight excluding hydrogens is 288 g/mol. The van der Waals surface area contributed by atoms with Crippen molar-refractivity contribution in [1.82, 2.24) is 4.90 Å². The molecule has 1 aliphatic rings. The number of likely N-dealkylation sites (tertiary alicyclic amines) is 1. The Balaban J connectivity index is 2.21. The summed E-state index contributed by atoms with van der Waals surface area (Å²) < 4.78 is 0. The molecule has 0 atom stereocenters. The predicted molar refractivity (Wildman–Crippen MR) is 83.9 cm³/mol. The van der Waals surface area contributed by atoms with Crippen LogP contribution in [0.2, 0.25) is 0 Å². The van der Waals surface area contributed by atoms with E-state index < -0.39 is 4.92 Å². The van der Waals surface area contributed by atoms with Crippen LogP contribution in [0, 0.1) is 10.1 Å². The van der Waals surface area contributed by atoms with Gasteiger partial charge in [0, 0.05) is 24.7 Å². The van der Waals surface area contributed by atoms with Crippen molar-refractivity contribution in [2.24, 2.45) is 0 Å². The summed E-state index contributed by atoms with van der Waals surface area (Å²) in [7, 11) is 0. The molecule has 1 aromatic rings. The maximum Gasteiger partial charge on any atom is 0.283 e. The van der Waals surface area contributed by atoms with Crippen LogP contribution in [0.4, 0.5) is 5.69 Å². The molecule has 0 saturated carbocycles. The highest BCUT2D eigenvalue weighted by molar-refractivity contribution is 7.98. The van der Waals surface area contributed by atoms with Crippen molar-refractivity contribution in [2.75, 3.05) is 19.3 Å². The molecule has 0 unspecified atom stereocenters. The normalized spacial score (nSPS) is 16.1. The van der Waals surface area contributed by atoms with Crippen molar-refractivity contribution in [1.29, 1.82) is 0 Å². The molecule has 0 bridgehead atoms. The van der Waals surface area contributed by atoms with E-state index in [-0.39, 0.29) is 11.6 Å². The molecule has 114 valence electrons. The summed E-state index contributed by atoms with van der Waals surface area (Å²) >= 11 is 1.32. The van der Waals surface area contributed by atoms with Gasteiger partial charge in [0.25, 0.3) is 11.6 Å². The second kappa shape index (κ2) is 7.45. The van der Waals surface area contributed by atoms with Crippen LogP contribution in [0.15, 0.2) is 23.1 Å². The first kappa shape index (κ1) is 15.8. The lowest BCUT2D eigenvalue weighted by Gasteiger charge is -2.24. The lowest BCUT2D eigenvalue weighted by molar-refractivity contribution is -0.387. The largest absolute Gasteiger partial charge is 0.339 e.